The molecule has 206 valence electrons. The summed E-state index contributed by atoms with van der Waals surface area (Å²) in [7, 11) is 0. The number of hydrogen-bond acceptors (Lipinski definition) is 7. The summed E-state index contributed by atoms with van der Waals surface area (Å²) in [6.45, 7) is -0.979. The Balaban J connectivity index is 1.55. The van der Waals surface area contributed by atoms with Crippen LogP contribution in [0.1, 0.15) is 23.1 Å². The average Bonchev–Trinajstić information content (AvgIpc) is 3.35. The van der Waals surface area contributed by atoms with Crippen molar-refractivity contribution in [3.8, 4) is 11.4 Å². The van der Waals surface area contributed by atoms with Crippen LogP contribution in [-0.2, 0) is 28.8 Å². The zero-order valence-electron chi connectivity index (χ0n) is 22.0. The number of esters is 1. The van der Waals surface area contributed by atoms with Crippen LogP contribution in [-0.4, -0.2) is 64.4 Å². The van der Waals surface area contributed by atoms with Gasteiger partial charge in [-0.1, -0.05) is 36.4 Å². The number of aliphatic hydroxyl groups is 3. The number of aromatic nitrogens is 1. The lowest BCUT2D eigenvalue weighted by atomic mass is 10.0. The van der Waals surface area contributed by atoms with Gasteiger partial charge in [0.05, 0.1) is 30.9 Å². The summed E-state index contributed by atoms with van der Waals surface area (Å²) >= 11 is 0. The molecule has 0 saturated heterocycles. The van der Waals surface area contributed by atoms with Gasteiger partial charge in [-0.05, 0) is 72.4 Å². The lowest BCUT2D eigenvalue weighted by Gasteiger charge is -2.23. The SMILES string of the molecule is NC(CO)(CO)COC(=O)CCc1ccc2c(c1)c(CCc1ccccc1)cn2-c1ccc(OCCO)cc1. The zero-order chi connectivity index (χ0) is 27.7. The topological polar surface area (TPSA) is 127 Å². The van der Waals surface area contributed by atoms with E-state index in [1.54, 1.807) is 0 Å². The third-order valence-electron chi connectivity index (χ3n) is 6.72. The van der Waals surface area contributed by atoms with E-state index in [0.29, 0.717) is 12.2 Å². The first-order chi connectivity index (χ1) is 18.9. The first-order valence-electron chi connectivity index (χ1n) is 13.1. The van der Waals surface area contributed by atoms with Gasteiger partial charge >= 0.3 is 5.97 Å². The summed E-state index contributed by atoms with van der Waals surface area (Å²) in [4.78, 5) is 12.3. The van der Waals surface area contributed by atoms with E-state index in [2.05, 4.69) is 35.0 Å². The number of ether oxygens (including phenoxy) is 2. The summed E-state index contributed by atoms with van der Waals surface area (Å²) in [5.41, 5.74) is 9.99. The predicted molar refractivity (Wildman–Crippen MR) is 150 cm³/mol. The van der Waals surface area contributed by atoms with Gasteiger partial charge in [0, 0.05) is 23.7 Å². The Labute approximate surface area is 228 Å². The molecule has 8 nitrogen and oxygen atoms in total. The van der Waals surface area contributed by atoms with Crippen LogP contribution in [0.2, 0.25) is 0 Å². The molecule has 0 aliphatic carbocycles. The van der Waals surface area contributed by atoms with E-state index in [9.17, 15) is 15.0 Å². The maximum absolute atomic E-state index is 12.3. The van der Waals surface area contributed by atoms with Crippen LogP contribution in [0.4, 0.5) is 0 Å². The molecular formula is C31H36N2O6. The summed E-state index contributed by atoms with van der Waals surface area (Å²) in [6.07, 6.45) is 4.58. The van der Waals surface area contributed by atoms with Crippen LogP contribution in [0.25, 0.3) is 16.6 Å². The first kappa shape index (κ1) is 28.3. The first-order valence-corrected chi connectivity index (χ1v) is 13.1. The van der Waals surface area contributed by atoms with Crippen LogP contribution in [0.15, 0.2) is 79.0 Å². The fraction of sp³-hybridized carbons (Fsp3) is 0.323. The minimum absolute atomic E-state index is 0.0338. The maximum Gasteiger partial charge on any atom is 0.306 e. The van der Waals surface area contributed by atoms with Gasteiger partial charge in [-0.2, -0.15) is 0 Å². The van der Waals surface area contributed by atoms with Crippen molar-refractivity contribution in [3.63, 3.8) is 0 Å². The largest absolute Gasteiger partial charge is 0.491 e. The minimum Gasteiger partial charge on any atom is -0.491 e. The number of hydrogen-bond donors (Lipinski definition) is 4. The zero-order valence-corrected chi connectivity index (χ0v) is 22.0. The molecule has 4 aromatic rings. The molecule has 0 bridgehead atoms. The number of nitrogens with zero attached hydrogens (tertiary/aromatic N) is 1. The molecular weight excluding hydrogens is 496 g/mol. The molecule has 4 rings (SSSR count). The maximum atomic E-state index is 12.3. The van der Waals surface area contributed by atoms with Crippen molar-refractivity contribution < 1.29 is 29.6 Å². The fourth-order valence-electron chi connectivity index (χ4n) is 4.39. The highest BCUT2D eigenvalue weighted by molar-refractivity contribution is 5.86. The quantitative estimate of drug-likeness (QED) is 0.184. The van der Waals surface area contributed by atoms with E-state index in [-0.39, 0.29) is 26.2 Å². The van der Waals surface area contributed by atoms with Gasteiger partial charge < -0.3 is 35.1 Å². The third kappa shape index (κ3) is 7.46. The van der Waals surface area contributed by atoms with E-state index < -0.39 is 24.7 Å². The van der Waals surface area contributed by atoms with E-state index in [1.165, 1.54) is 11.1 Å². The molecule has 0 fully saturated rings. The molecule has 39 heavy (non-hydrogen) atoms. The van der Waals surface area contributed by atoms with Crippen molar-refractivity contribution in [3.05, 3.63) is 95.7 Å². The smallest absolute Gasteiger partial charge is 0.306 e. The number of rotatable bonds is 14. The van der Waals surface area contributed by atoms with Crippen molar-refractivity contribution >= 4 is 16.9 Å². The highest BCUT2D eigenvalue weighted by Gasteiger charge is 2.25. The number of fused-ring (bicyclic) bond motifs is 1. The van der Waals surface area contributed by atoms with Crippen molar-refractivity contribution in [2.45, 2.75) is 31.2 Å². The van der Waals surface area contributed by atoms with Gasteiger partial charge in [0.1, 0.15) is 19.0 Å². The molecule has 1 aromatic heterocycles. The number of aliphatic hydroxyl groups excluding tert-OH is 3. The van der Waals surface area contributed by atoms with Gasteiger partial charge in [-0.15, -0.1) is 0 Å². The summed E-state index contributed by atoms with van der Waals surface area (Å²) in [5.74, 6) is 0.268. The molecule has 0 radical (unpaired) electrons. The predicted octanol–water partition coefficient (Wildman–Crippen LogP) is 2.94. The van der Waals surface area contributed by atoms with E-state index >= 15 is 0 Å². The molecule has 0 spiro atoms. The molecule has 0 aliphatic rings. The number of carbonyl (C=O) groups is 1. The van der Waals surface area contributed by atoms with Gasteiger partial charge in [0.25, 0.3) is 0 Å². The lowest BCUT2D eigenvalue weighted by molar-refractivity contribution is -0.146. The Morgan fingerprint density at radius 3 is 2.31 bits per heavy atom. The van der Waals surface area contributed by atoms with Gasteiger partial charge in [-0.25, -0.2) is 0 Å². The molecule has 0 atom stereocenters. The highest BCUT2D eigenvalue weighted by atomic mass is 16.5. The standard InChI is InChI=1S/C31H36N2O6/c32-31(20-35,21-36)22-39-30(37)15-8-24-7-14-29-28(18-24)25(9-6-23-4-2-1-3-5-23)19-33(29)26-10-12-27(13-11-26)38-17-16-34/h1-5,7,10-14,18-19,34-36H,6,8-9,15-17,20-22,32H2. The molecule has 1 heterocycles. The normalized spacial score (nSPS) is 11.6. The van der Waals surface area contributed by atoms with Crippen molar-refractivity contribution in [1.29, 1.82) is 0 Å². The summed E-state index contributed by atoms with van der Waals surface area (Å²) < 4.78 is 12.9. The second kappa shape index (κ2) is 13.4. The fourth-order valence-corrected chi connectivity index (χ4v) is 4.39. The third-order valence-corrected chi connectivity index (χ3v) is 6.72. The van der Waals surface area contributed by atoms with Crippen molar-refractivity contribution in [2.75, 3.05) is 33.0 Å². The summed E-state index contributed by atoms with van der Waals surface area (Å²) in [5, 5.41) is 28.7. The van der Waals surface area contributed by atoms with Crippen LogP contribution in [0.5, 0.6) is 5.75 Å². The van der Waals surface area contributed by atoms with Crippen LogP contribution >= 0.6 is 0 Å². The molecule has 3 aromatic carbocycles. The Morgan fingerprint density at radius 1 is 0.872 bits per heavy atom. The number of carbonyl (C=O) groups excluding carboxylic acids is 1. The Kier molecular flexibility index (Phi) is 9.73. The van der Waals surface area contributed by atoms with E-state index in [1.807, 2.05) is 48.5 Å². The lowest BCUT2D eigenvalue weighted by Crippen LogP contribution is -2.51. The van der Waals surface area contributed by atoms with Crippen LogP contribution < -0.4 is 10.5 Å². The second-order valence-electron chi connectivity index (χ2n) is 9.77. The molecule has 8 heteroatoms. The second-order valence-corrected chi connectivity index (χ2v) is 9.77. The number of benzene rings is 3. The Hall–Kier alpha value is -3.69. The van der Waals surface area contributed by atoms with Crippen molar-refractivity contribution in [2.24, 2.45) is 5.73 Å². The number of aryl methyl sites for hydroxylation is 3. The molecule has 0 aliphatic heterocycles. The van der Waals surface area contributed by atoms with Gasteiger partial charge in [0.2, 0.25) is 0 Å². The molecule has 0 amide bonds. The molecule has 0 saturated carbocycles. The average molecular weight is 533 g/mol. The Bertz CT molecular complexity index is 1350. The van der Waals surface area contributed by atoms with Gasteiger partial charge in [0.15, 0.2) is 0 Å². The van der Waals surface area contributed by atoms with Gasteiger partial charge in [-0.3, -0.25) is 4.79 Å². The molecule has 0 unspecified atom stereocenters. The highest BCUT2D eigenvalue weighted by Crippen LogP contribution is 2.29. The summed E-state index contributed by atoms with van der Waals surface area (Å²) in [6, 6.07) is 24.4. The number of nitrogens with two attached hydrogens (primary N) is 1. The Morgan fingerprint density at radius 2 is 1.62 bits per heavy atom. The van der Waals surface area contributed by atoms with Crippen LogP contribution in [0.3, 0.4) is 0 Å². The van der Waals surface area contributed by atoms with Crippen LogP contribution in [0, 0.1) is 0 Å². The monoisotopic (exact) mass is 532 g/mol. The van der Waals surface area contributed by atoms with E-state index in [4.69, 9.17) is 20.3 Å². The minimum atomic E-state index is -1.34. The molecule has 5 N–H and O–H groups in total. The van der Waals surface area contributed by atoms with E-state index in [0.717, 1.165) is 35.0 Å². The van der Waals surface area contributed by atoms with Crippen molar-refractivity contribution in [1.82, 2.24) is 4.57 Å².